The Labute approximate surface area is 75.0 Å². The Kier molecular flexibility index (Phi) is 4.29. The van der Waals surface area contributed by atoms with E-state index in [4.69, 9.17) is 5.11 Å². The quantitative estimate of drug-likeness (QED) is 0.692. The summed E-state index contributed by atoms with van der Waals surface area (Å²) < 4.78 is 0. The van der Waals surface area contributed by atoms with Gasteiger partial charge in [-0.1, -0.05) is 20.8 Å². The standard InChI is InChI=1S/C10H20O2/c1-5-10(4,9(11)12)7-6-8(2)3/h8H,5-7H2,1-4H3,(H,11,12)/t10-/m0/s1. The SMILES string of the molecule is CC[C@@](C)(CCC(C)C)C(=O)O. The molecular weight excluding hydrogens is 152 g/mol. The van der Waals surface area contributed by atoms with Gasteiger partial charge in [-0.05, 0) is 32.1 Å². The van der Waals surface area contributed by atoms with Crippen molar-refractivity contribution in [3.05, 3.63) is 0 Å². The molecule has 0 radical (unpaired) electrons. The summed E-state index contributed by atoms with van der Waals surface area (Å²) in [7, 11) is 0. The molecule has 72 valence electrons. The van der Waals surface area contributed by atoms with Gasteiger partial charge in [0.2, 0.25) is 0 Å². The number of hydrogen-bond acceptors (Lipinski definition) is 1. The molecule has 0 aromatic heterocycles. The van der Waals surface area contributed by atoms with Gasteiger partial charge in [-0.15, -0.1) is 0 Å². The maximum absolute atomic E-state index is 10.9. The second kappa shape index (κ2) is 4.48. The first-order chi connectivity index (χ1) is 5.42. The molecule has 1 N–H and O–H groups in total. The lowest BCUT2D eigenvalue weighted by atomic mass is 9.81. The Morgan fingerprint density at radius 2 is 2.00 bits per heavy atom. The normalized spacial score (nSPS) is 16.1. The van der Waals surface area contributed by atoms with Crippen LogP contribution in [-0.2, 0) is 4.79 Å². The zero-order valence-corrected chi connectivity index (χ0v) is 8.55. The highest BCUT2D eigenvalue weighted by molar-refractivity contribution is 5.73. The predicted octanol–water partition coefficient (Wildman–Crippen LogP) is 2.92. The summed E-state index contributed by atoms with van der Waals surface area (Å²) in [5.41, 5.74) is -0.510. The van der Waals surface area contributed by atoms with Gasteiger partial charge in [0.05, 0.1) is 5.41 Å². The average molecular weight is 172 g/mol. The van der Waals surface area contributed by atoms with E-state index in [1.165, 1.54) is 0 Å². The largest absolute Gasteiger partial charge is 0.481 e. The minimum Gasteiger partial charge on any atom is -0.481 e. The van der Waals surface area contributed by atoms with Gasteiger partial charge in [0, 0.05) is 0 Å². The topological polar surface area (TPSA) is 37.3 Å². The molecule has 0 aliphatic heterocycles. The molecule has 0 aliphatic carbocycles. The molecule has 2 nitrogen and oxygen atoms in total. The summed E-state index contributed by atoms with van der Waals surface area (Å²) in [5, 5.41) is 8.95. The molecule has 12 heavy (non-hydrogen) atoms. The monoisotopic (exact) mass is 172 g/mol. The molecule has 0 aromatic carbocycles. The highest BCUT2D eigenvalue weighted by atomic mass is 16.4. The molecule has 0 heterocycles. The van der Waals surface area contributed by atoms with Gasteiger partial charge in [0.25, 0.3) is 0 Å². The van der Waals surface area contributed by atoms with Crippen molar-refractivity contribution < 1.29 is 9.90 Å². The highest BCUT2D eigenvalue weighted by Gasteiger charge is 2.30. The number of carboxylic acid groups (broad SMARTS) is 1. The summed E-state index contributed by atoms with van der Waals surface area (Å²) in [6, 6.07) is 0. The zero-order valence-electron chi connectivity index (χ0n) is 8.55. The fraction of sp³-hybridized carbons (Fsp3) is 0.900. The maximum atomic E-state index is 10.9. The van der Waals surface area contributed by atoms with Crippen molar-refractivity contribution in [1.82, 2.24) is 0 Å². The Balaban J connectivity index is 4.06. The zero-order chi connectivity index (χ0) is 9.78. The fourth-order valence-electron chi connectivity index (χ4n) is 1.04. The van der Waals surface area contributed by atoms with Crippen LogP contribution in [0.3, 0.4) is 0 Å². The van der Waals surface area contributed by atoms with Gasteiger partial charge in [-0.3, -0.25) is 4.79 Å². The van der Waals surface area contributed by atoms with Crippen LogP contribution >= 0.6 is 0 Å². The van der Waals surface area contributed by atoms with Crippen LogP contribution in [0.1, 0.15) is 47.0 Å². The molecule has 1 atom stereocenters. The Bertz CT molecular complexity index is 152. The first kappa shape index (κ1) is 11.5. The summed E-state index contributed by atoms with van der Waals surface area (Å²) >= 11 is 0. The van der Waals surface area contributed by atoms with Crippen molar-refractivity contribution in [2.24, 2.45) is 11.3 Å². The third-order valence-electron chi connectivity index (χ3n) is 2.57. The minimum atomic E-state index is -0.661. The van der Waals surface area contributed by atoms with Crippen LogP contribution in [0.5, 0.6) is 0 Å². The lowest BCUT2D eigenvalue weighted by Crippen LogP contribution is -2.26. The van der Waals surface area contributed by atoms with Crippen molar-refractivity contribution in [2.75, 3.05) is 0 Å². The summed E-state index contributed by atoms with van der Waals surface area (Å²) in [5.74, 6) is -0.0686. The van der Waals surface area contributed by atoms with E-state index in [1.54, 1.807) is 0 Å². The van der Waals surface area contributed by atoms with Gasteiger partial charge in [-0.2, -0.15) is 0 Å². The van der Waals surface area contributed by atoms with Gasteiger partial charge in [-0.25, -0.2) is 0 Å². The lowest BCUT2D eigenvalue weighted by Gasteiger charge is -2.23. The van der Waals surface area contributed by atoms with E-state index in [-0.39, 0.29) is 0 Å². The molecule has 0 amide bonds. The summed E-state index contributed by atoms with van der Waals surface area (Å²) in [6.07, 6.45) is 2.50. The number of carbonyl (C=O) groups is 1. The molecule has 0 rings (SSSR count). The molecule has 0 saturated carbocycles. The summed E-state index contributed by atoms with van der Waals surface area (Å²) in [4.78, 5) is 10.9. The van der Waals surface area contributed by atoms with Crippen molar-refractivity contribution in [3.63, 3.8) is 0 Å². The Morgan fingerprint density at radius 1 is 1.50 bits per heavy atom. The molecule has 0 unspecified atom stereocenters. The molecule has 0 fully saturated rings. The smallest absolute Gasteiger partial charge is 0.309 e. The van der Waals surface area contributed by atoms with Gasteiger partial charge in [0.1, 0.15) is 0 Å². The second-order valence-electron chi connectivity index (χ2n) is 4.15. The average Bonchev–Trinajstić information content (AvgIpc) is 1.99. The number of hydrogen-bond donors (Lipinski definition) is 1. The van der Waals surface area contributed by atoms with Crippen molar-refractivity contribution >= 4 is 5.97 Å². The molecule has 0 saturated heterocycles. The van der Waals surface area contributed by atoms with Crippen molar-refractivity contribution in [2.45, 2.75) is 47.0 Å². The van der Waals surface area contributed by atoms with Gasteiger partial charge >= 0.3 is 5.97 Å². The number of aliphatic carboxylic acids is 1. The van der Waals surface area contributed by atoms with Crippen LogP contribution in [0, 0.1) is 11.3 Å². The van der Waals surface area contributed by atoms with Crippen LogP contribution < -0.4 is 0 Å². The summed E-state index contributed by atoms with van der Waals surface area (Å²) in [6.45, 7) is 8.02. The van der Waals surface area contributed by atoms with E-state index in [9.17, 15) is 4.79 Å². The fourth-order valence-corrected chi connectivity index (χ4v) is 1.04. The number of rotatable bonds is 5. The van der Waals surface area contributed by atoms with E-state index >= 15 is 0 Å². The van der Waals surface area contributed by atoms with E-state index in [1.807, 2.05) is 13.8 Å². The molecule has 2 heteroatoms. The molecule has 0 aromatic rings. The molecule has 0 aliphatic rings. The van der Waals surface area contributed by atoms with Crippen LogP contribution in [0.2, 0.25) is 0 Å². The third kappa shape index (κ3) is 3.24. The number of carboxylic acids is 1. The van der Waals surface area contributed by atoms with Crippen LogP contribution in [0.25, 0.3) is 0 Å². The minimum absolute atomic E-state index is 0.510. The maximum Gasteiger partial charge on any atom is 0.309 e. The predicted molar refractivity (Wildman–Crippen MR) is 50.1 cm³/mol. The van der Waals surface area contributed by atoms with Crippen LogP contribution in [0.15, 0.2) is 0 Å². The first-order valence-corrected chi connectivity index (χ1v) is 4.65. The van der Waals surface area contributed by atoms with Crippen LogP contribution in [-0.4, -0.2) is 11.1 Å². The lowest BCUT2D eigenvalue weighted by molar-refractivity contribution is -0.148. The van der Waals surface area contributed by atoms with E-state index in [2.05, 4.69) is 13.8 Å². The Morgan fingerprint density at radius 3 is 2.25 bits per heavy atom. The van der Waals surface area contributed by atoms with E-state index < -0.39 is 11.4 Å². The van der Waals surface area contributed by atoms with Crippen molar-refractivity contribution in [3.8, 4) is 0 Å². The first-order valence-electron chi connectivity index (χ1n) is 4.65. The van der Waals surface area contributed by atoms with E-state index in [0.29, 0.717) is 5.92 Å². The van der Waals surface area contributed by atoms with Gasteiger partial charge in [0.15, 0.2) is 0 Å². The molecule has 0 bridgehead atoms. The molecular formula is C10H20O2. The van der Waals surface area contributed by atoms with Gasteiger partial charge < -0.3 is 5.11 Å². The third-order valence-corrected chi connectivity index (χ3v) is 2.57. The van der Waals surface area contributed by atoms with E-state index in [0.717, 1.165) is 19.3 Å². The second-order valence-corrected chi connectivity index (χ2v) is 4.15. The Hall–Kier alpha value is -0.530. The highest BCUT2D eigenvalue weighted by Crippen LogP contribution is 2.29. The molecule has 0 spiro atoms. The van der Waals surface area contributed by atoms with Crippen LogP contribution in [0.4, 0.5) is 0 Å². The van der Waals surface area contributed by atoms with Crippen molar-refractivity contribution in [1.29, 1.82) is 0 Å².